The van der Waals surface area contributed by atoms with Crippen molar-refractivity contribution in [2.45, 2.75) is 6.18 Å². The molecule has 10 heteroatoms. The standard InChI is InChI=1S/C19H17F3N4O3/c1-28-13-4-2-12(3-5-13)14-10-16(19(20,21)22)26-17(23-14)11-15(24-26)18(27)25-6-8-29-9-7-25/h2-5,10-11H,6-9H2,1H3. The highest BCUT2D eigenvalue weighted by molar-refractivity contribution is 5.93. The molecule has 2 aromatic heterocycles. The molecule has 0 N–H and O–H groups in total. The number of hydrogen-bond acceptors (Lipinski definition) is 5. The van der Waals surface area contributed by atoms with Gasteiger partial charge in [0, 0.05) is 24.7 Å². The van der Waals surface area contributed by atoms with Gasteiger partial charge < -0.3 is 14.4 Å². The van der Waals surface area contributed by atoms with Gasteiger partial charge in [-0.15, -0.1) is 0 Å². The predicted octanol–water partition coefficient (Wildman–Crippen LogP) is 2.90. The number of fused-ring (bicyclic) bond motifs is 1. The Morgan fingerprint density at radius 3 is 2.45 bits per heavy atom. The second-order valence-corrected chi connectivity index (χ2v) is 6.46. The smallest absolute Gasteiger partial charge is 0.433 e. The SMILES string of the molecule is COc1ccc(-c2cc(C(F)(F)F)n3nc(C(=O)N4CCOCC4)cc3n2)cc1. The minimum atomic E-state index is -4.67. The first-order valence-corrected chi connectivity index (χ1v) is 8.86. The van der Waals surface area contributed by atoms with E-state index in [2.05, 4.69) is 10.1 Å². The zero-order valence-corrected chi connectivity index (χ0v) is 15.4. The number of nitrogens with zero attached hydrogens (tertiary/aromatic N) is 4. The number of carbonyl (C=O) groups excluding carboxylic acids is 1. The van der Waals surface area contributed by atoms with Gasteiger partial charge in [0.05, 0.1) is 26.0 Å². The van der Waals surface area contributed by atoms with Crippen molar-refractivity contribution in [1.82, 2.24) is 19.5 Å². The minimum absolute atomic E-state index is 0.0535. The lowest BCUT2D eigenvalue weighted by Crippen LogP contribution is -2.40. The number of morpholine rings is 1. The van der Waals surface area contributed by atoms with Crippen LogP contribution in [0.5, 0.6) is 5.75 Å². The Morgan fingerprint density at radius 2 is 1.83 bits per heavy atom. The number of halogens is 3. The van der Waals surface area contributed by atoms with Crippen molar-refractivity contribution in [1.29, 1.82) is 0 Å². The molecule has 1 aliphatic rings. The lowest BCUT2D eigenvalue weighted by Gasteiger charge is -2.25. The molecule has 0 saturated carbocycles. The summed E-state index contributed by atoms with van der Waals surface area (Å²) >= 11 is 0. The van der Waals surface area contributed by atoms with Crippen molar-refractivity contribution < 1.29 is 27.4 Å². The van der Waals surface area contributed by atoms with E-state index >= 15 is 0 Å². The monoisotopic (exact) mass is 406 g/mol. The molecule has 3 aromatic rings. The van der Waals surface area contributed by atoms with Gasteiger partial charge in [-0.2, -0.15) is 18.3 Å². The summed E-state index contributed by atoms with van der Waals surface area (Å²) in [4.78, 5) is 18.4. The molecule has 0 bridgehead atoms. The molecule has 1 saturated heterocycles. The van der Waals surface area contributed by atoms with Crippen molar-refractivity contribution in [2.75, 3.05) is 33.4 Å². The number of ether oxygens (including phenoxy) is 2. The first-order valence-electron chi connectivity index (χ1n) is 8.86. The minimum Gasteiger partial charge on any atom is -0.497 e. The molecule has 1 fully saturated rings. The number of methoxy groups -OCH3 is 1. The van der Waals surface area contributed by atoms with Crippen LogP contribution in [0.4, 0.5) is 13.2 Å². The molecule has 1 aliphatic heterocycles. The molecule has 1 aromatic carbocycles. The van der Waals surface area contributed by atoms with Gasteiger partial charge in [0.25, 0.3) is 5.91 Å². The Hall–Kier alpha value is -3.14. The Balaban J connectivity index is 1.80. The molecular formula is C19H17F3N4O3. The maximum atomic E-state index is 13.7. The fourth-order valence-corrected chi connectivity index (χ4v) is 3.12. The normalized spacial score (nSPS) is 15.0. The number of rotatable bonds is 3. The van der Waals surface area contributed by atoms with Gasteiger partial charge in [-0.25, -0.2) is 9.50 Å². The molecule has 152 valence electrons. The number of alkyl halides is 3. The van der Waals surface area contributed by atoms with Crippen LogP contribution in [-0.4, -0.2) is 58.8 Å². The fourth-order valence-electron chi connectivity index (χ4n) is 3.12. The van der Waals surface area contributed by atoms with Crippen molar-refractivity contribution >= 4 is 11.6 Å². The molecule has 0 radical (unpaired) electrons. The molecule has 0 spiro atoms. The van der Waals surface area contributed by atoms with Crippen LogP contribution in [0.25, 0.3) is 16.9 Å². The quantitative estimate of drug-likeness (QED) is 0.669. The van der Waals surface area contributed by atoms with Crippen molar-refractivity contribution in [2.24, 2.45) is 0 Å². The second kappa shape index (κ2) is 7.36. The van der Waals surface area contributed by atoms with E-state index in [1.165, 1.54) is 18.1 Å². The van der Waals surface area contributed by atoms with Gasteiger partial charge in [0.2, 0.25) is 0 Å². The summed E-state index contributed by atoms with van der Waals surface area (Å²) in [6.45, 7) is 1.49. The Morgan fingerprint density at radius 1 is 1.14 bits per heavy atom. The highest BCUT2D eigenvalue weighted by Crippen LogP contribution is 2.32. The van der Waals surface area contributed by atoms with E-state index in [-0.39, 0.29) is 17.0 Å². The fraction of sp³-hybridized carbons (Fsp3) is 0.316. The summed E-state index contributed by atoms with van der Waals surface area (Å²) in [5.41, 5.74) is -0.535. The summed E-state index contributed by atoms with van der Waals surface area (Å²) in [5, 5.41) is 3.90. The second-order valence-electron chi connectivity index (χ2n) is 6.46. The summed E-state index contributed by atoms with van der Waals surface area (Å²) in [6.07, 6.45) is -4.67. The Kier molecular flexibility index (Phi) is 4.87. The summed E-state index contributed by atoms with van der Waals surface area (Å²) in [7, 11) is 1.50. The van der Waals surface area contributed by atoms with Crippen molar-refractivity contribution in [3.05, 3.63) is 47.8 Å². The van der Waals surface area contributed by atoms with E-state index in [0.717, 1.165) is 6.07 Å². The average molecular weight is 406 g/mol. The maximum Gasteiger partial charge on any atom is 0.433 e. The third kappa shape index (κ3) is 3.75. The van der Waals surface area contributed by atoms with Gasteiger partial charge in [0.15, 0.2) is 17.0 Å². The van der Waals surface area contributed by atoms with E-state index < -0.39 is 17.8 Å². The van der Waals surface area contributed by atoms with E-state index in [1.54, 1.807) is 24.3 Å². The van der Waals surface area contributed by atoms with Crippen LogP contribution in [0.15, 0.2) is 36.4 Å². The molecular weight excluding hydrogens is 389 g/mol. The van der Waals surface area contributed by atoms with Crippen LogP contribution in [0.2, 0.25) is 0 Å². The average Bonchev–Trinajstić information content (AvgIpc) is 3.16. The zero-order chi connectivity index (χ0) is 20.6. The molecule has 3 heterocycles. The van der Waals surface area contributed by atoms with Crippen LogP contribution in [0.1, 0.15) is 16.2 Å². The lowest BCUT2D eigenvalue weighted by atomic mass is 10.1. The molecule has 4 rings (SSSR count). The van der Waals surface area contributed by atoms with E-state index in [4.69, 9.17) is 9.47 Å². The third-order valence-corrected chi connectivity index (χ3v) is 4.62. The number of amides is 1. The van der Waals surface area contributed by atoms with Crippen molar-refractivity contribution in [3.8, 4) is 17.0 Å². The predicted molar refractivity (Wildman–Crippen MR) is 96.7 cm³/mol. The molecule has 1 amide bonds. The lowest BCUT2D eigenvalue weighted by molar-refractivity contribution is -0.142. The molecule has 0 aliphatic carbocycles. The van der Waals surface area contributed by atoms with Gasteiger partial charge in [-0.3, -0.25) is 4.79 Å². The highest BCUT2D eigenvalue weighted by atomic mass is 19.4. The van der Waals surface area contributed by atoms with Crippen LogP contribution in [0, 0.1) is 0 Å². The van der Waals surface area contributed by atoms with Gasteiger partial charge in [-0.05, 0) is 30.3 Å². The largest absolute Gasteiger partial charge is 0.497 e. The topological polar surface area (TPSA) is 69.0 Å². The van der Waals surface area contributed by atoms with Crippen LogP contribution in [-0.2, 0) is 10.9 Å². The summed E-state index contributed by atoms with van der Waals surface area (Å²) in [6, 6.07) is 8.71. The third-order valence-electron chi connectivity index (χ3n) is 4.62. The molecule has 0 atom stereocenters. The Labute approximate surface area is 163 Å². The summed E-state index contributed by atoms with van der Waals surface area (Å²) < 4.78 is 52.0. The van der Waals surface area contributed by atoms with Crippen LogP contribution < -0.4 is 4.74 Å². The number of carbonyl (C=O) groups is 1. The number of aromatic nitrogens is 3. The number of benzene rings is 1. The van der Waals surface area contributed by atoms with E-state index in [0.29, 0.717) is 42.1 Å². The highest BCUT2D eigenvalue weighted by Gasteiger charge is 2.36. The molecule has 7 nitrogen and oxygen atoms in total. The first kappa shape index (κ1) is 19.2. The van der Waals surface area contributed by atoms with Crippen LogP contribution >= 0.6 is 0 Å². The zero-order valence-electron chi connectivity index (χ0n) is 15.4. The van der Waals surface area contributed by atoms with Crippen LogP contribution in [0.3, 0.4) is 0 Å². The maximum absolute atomic E-state index is 13.7. The Bertz CT molecular complexity index is 1040. The van der Waals surface area contributed by atoms with Gasteiger partial charge in [0.1, 0.15) is 5.75 Å². The van der Waals surface area contributed by atoms with Gasteiger partial charge in [-0.1, -0.05) is 0 Å². The van der Waals surface area contributed by atoms with E-state index in [9.17, 15) is 18.0 Å². The van der Waals surface area contributed by atoms with Gasteiger partial charge >= 0.3 is 6.18 Å². The molecule has 29 heavy (non-hydrogen) atoms. The number of hydrogen-bond donors (Lipinski definition) is 0. The van der Waals surface area contributed by atoms with E-state index in [1.807, 2.05) is 0 Å². The first-order chi connectivity index (χ1) is 13.9. The van der Waals surface area contributed by atoms with Crippen molar-refractivity contribution in [3.63, 3.8) is 0 Å². The summed E-state index contributed by atoms with van der Waals surface area (Å²) in [5.74, 6) is 0.131. The molecule has 0 unspecified atom stereocenters.